The number of alkyl halides is 6. The molecule has 5 nitrogen and oxygen atoms in total. The summed E-state index contributed by atoms with van der Waals surface area (Å²) in [6, 6.07) is 6.13. The van der Waals surface area contributed by atoms with Gasteiger partial charge in [-0.15, -0.1) is 13.2 Å². The molecule has 2 aliphatic rings. The van der Waals surface area contributed by atoms with E-state index in [1.165, 1.54) is 14.0 Å². The minimum absolute atomic E-state index is 0.0478. The lowest BCUT2D eigenvalue weighted by Gasteiger charge is -2.47. The Morgan fingerprint density at radius 3 is 2.09 bits per heavy atom. The third kappa shape index (κ3) is 6.03. The van der Waals surface area contributed by atoms with Crippen LogP contribution < -0.4 is 0 Å². The molecule has 4 rings (SSSR count). The molecule has 2 heterocycles. The van der Waals surface area contributed by atoms with E-state index in [2.05, 4.69) is 13.2 Å². The summed E-state index contributed by atoms with van der Waals surface area (Å²) in [6.07, 6.45) is -5.35. The molecular formula is C32H35F6N3O2. The van der Waals surface area contributed by atoms with E-state index in [4.69, 9.17) is 0 Å². The second kappa shape index (κ2) is 11.7. The zero-order chi connectivity index (χ0) is 31.9. The number of hydrogen-bond acceptors (Lipinski definition) is 2. The fourth-order valence-electron chi connectivity index (χ4n) is 6.46. The Morgan fingerprint density at radius 1 is 1.02 bits per heavy atom. The maximum atomic E-state index is 14.1. The molecule has 2 fully saturated rings. The first-order valence-electron chi connectivity index (χ1n) is 14.0. The van der Waals surface area contributed by atoms with Crippen molar-refractivity contribution in [1.29, 1.82) is 0 Å². The van der Waals surface area contributed by atoms with Gasteiger partial charge in [-0.25, -0.2) is 4.79 Å². The highest BCUT2D eigenvalue weighted by Gasteiger charge is 2.56. The molecule has 2 aromatic rings. The van der Waals surface area contributed by atoms with E-state index in [1.54, 1.807) is 22.0 Å². The first kappa shape index (κ1) is 32.2. The first-order chi connectivity index (χ1) is 20.1. The Hall–Kier alpha value is -3.76. The molecule has 2 unspecified atom stereocenters. The summed E-state index contributed by atoms with van der Waals surface area (Å²) >= 11 is 0. The highest BCUT2D eigenvalue weighted by molar-refractivity contribution is 5.87. The molecule has 3 amide bonds. The normalized spacial score (nSPS) is 20.9. The Bertz CT molecular complexity index is 1360. The van der Waals surface area contributed by atoms with Gasteiger partial charge in [0.25, 0.3) is 0 Å². The number of fused-ring (bicyclic) bond motifs is 1. The van der Waals surface area contributed by atoms with Crippen molar-refractivity contribution in [2.24, 2.45) is 5.41 Å². The van der Waals surface area contributed by atoms with E-state index in [-0.39, 0.29) is 30.6 Å². The third-order valence-electron chi connectivity index (χ3n) is 8.79. The van der Waals surface area contributed by atoms with Gasteiger partial charge < -0.3 is 14.7 Å². The van der Waals surface area contributed by atoms with Crippen molar-refractivity contribution in [2.45, 2.75) is 63.6 Å². The van der Waals surface area contributed by atoms with E-state index in [0.717, 1.165) is 16.0 Å². The first-order valence-corrected chi connectivity index (χ1v) is 14.0. The van der Waals surface area contributed by atoms with Crippen LogP contribution in [0.2, 0.25) is 0 Å². The highest BCUT2D eigenvalue weighted by atomic mass is 19.4. The van der Waals surface area contributed by atoms with Crippen LogP contribution in [-0.4, -0.2) is 52.8 Å². The zero-order valence-corrected chi connectivity index (χ0v) is 24.3. The molecule has 0 radical (unpaired) electrons. The lowest BCUT2D eigenvalue weighted by molar-refractivity contribution is -0.143. The largest absolute Gasteiger partial charge is 0.416 e. The van der Waals surface area contributed by atoms with Crippen molar-refractivity contribution in [3.05, 3.63) is 95.6 Å². The second-order valence-electron chi connectivity index (χ2n) is 11.4. The molecule has 3 atom stereocenters. The molecule has 2 aliphatic heterocycles. The summed E-state index contributed by atoms with van der Waals surface area (Å²) in [7, 11) is 1.36. The van der Waals surface area contributed by atoms with Crippen LogP contribution in [-0.2, 0) is 17.1 Å². The van der Waals surface area contributed by atoms with Crippen molar-refractivity contribution in [3.63, 3.8) is 0 Å². The van der Waals surface area contributed by atoms with E-state index in [9.17, 15) is 35.9 Å². The molecular weight excluding hydrogens is 572 g/mol. The second-order valence-corrected chi connectivity index (χ2v) is 11.4. The van der Waals surface area contributed by atoms with E-state index in [0.29, 0.717) is 31.4 Å². The number of urea groups is 1. The van der Waals surface area contributed by atoms with Crippen LogP contribution in [0.15, 0.2) is 67.8 Å². The Labute approximate surface area is 247 Å². The average Bonchev–Trinajstić information content (AvgIpc) is 3.21. The van der Waals surface area contributed by atoms with E-state index in [1.807, 2.05) is 31.2 Å². The number of benzene rings is 2. The summed E-state index contributed by atoms with van der Waals surface area (Å²) in [5, 5.41) is 0. The van der Waals surface area contributed by atoms with Gasteiger partial charge in [0.15, 0.2) is 0 Å². The van der Waals surface area contributed by atoms with Gasteiger partial charge in [0.2, 0.25) is 5.91 Å². The quantitative estimate of drug-likeness (QED) is 0.237. The van der Waals surface area contributed by atoms with Gasteiger partial charge in [0.1, 0.15) is 0 Å². The number of aryl methyl sites for hydroxylation is 1. The van der Waals surface area contributed by atoms with Crippen molar-refractivity contribution in [2.75, 3.05) is 20.1 Å². The van der Waals surface area contributed by atoms with Crippen LogP contribution in [0, 0.1) is 12.3 Å². The van der Waals surface area contributed by atoms with Crippen molar-refractivity contribution in [1.82, 2.24) is 14.7 Å². The molecule has 0 spiro atoms. The van der Waals surface area contributed by atoms with Crippen LogP contribution in [0.25, 0.3) is 0 Å². The van der Waals surface area contributed by atoms with Crippen LogP contribution in [0.4, 0.5) is 31.1 Å². The number of amides is 3. The number of carbonyl (C=O) groups excluding carboxylic acids is 2. The molecule has 0 bridgehead atoms. The minimum atomic E-state index is -5.01. The van der Waals surface area contributed by atoms with Gasteiger partial charge >= 0.3 is 18.4 Å². The molecule has 0 aromatic heterocycles. The molecule has 0 N–H and O–H groups in total. The SMILES string of the molecule is C=CCC1(CC=C)CC2C(c3ccccc3C)N(C(=O)N(C)[C@H](C)c3cc(C(F)(F)F)cc(C(F)(F)F)c3)CCN2C1=O. The van der Waals surface area contributed by atoms with Gasteiger partial charge in [0, 0.05) is 20.1 Å². The summed E-state index contributed by atoms with van der Waals surface area (Å²) in [4.78, 5) is 32.4. The Balaban J connectivity index is 1.75. The lowest BCUT2D eigenvalue weighted by Crippen LogP contribution is -2.57. The number of nitrogens with zero attached hydrogens (tertiary/aromatic N) is 3. The van der Waals surface area contributed by atoms with Crippen molar-refractivity contribution >= 4 is 11.9 Å². The fraction of sp³-hybridized carbons (Fsp3) is 0.438. The number of hydrogen-bond donors (Lipinski definition) is 0. The van der Waals surface area contributed by atoms with E-state index < -0.39 is 53.1 Å². The van der Waals surface area contributed by atoms with Crippen LogP contribution in [0.3, 0.4) is 0 Å². The maximum absolute atomic E-state index is 14.1. The standard InChI is InChI=1S/C32H35F6N3O2/c1-6-12-30(13-7-2)19-26-27(25-11-9-8-10-20(25)3)41(15-14-40(26)28(30)42)29(43)39(5)21(4)22-16-23(31(33,34)35)18-24(17-22)32(36,37)38/h6-11,16-18,21,26-27H,1-2,12-15,19H2,3-5H3/t21-,26?,27?/m1/s1. The predicted molar refractivity (Wildman–Crippen MR) is 151 cm³/mol. The molecule has 0 aliphatic carbocycles. The van der Waals surface area contributed by atoms with Crippen molar-refractivity contribution in [3.8, 4) is 0 Å². The summed E-state index contributed by atoms with van der Waals surface area (Å²) in [5.41, 5.74) is -2.25. The summed E-state index contributed by atoms with van der Waals surface area (Å²) < 4.78 is 81.3. The predicted octanol–water partition coefficient (Wildman–Crippen LogP) is 7.94. The summed E-state index contributed by atoms with van der Waals surface area (Å²) in [5.74, 6) is -0.0478. The van der Waals surface area contributed by atoms with E-state index >= 15 is 0 Å². The van der Waals surface area contributed by atoms with Gasteiger partial charge in [0.05, 0.1) is 34.7 Å². The van der Waals surface area contributed by atoms with Crippen LogP contribution in [0.1, 0.15) is 66.1 Å². The van der Waals surface area contributed by atoms with Crippen LogP contribution in [0.5, 0.6) is 0 Å². The topological polar surface area (TPSA) is 43.9 Å². The highest BCUT2D eigenvalue weighted by Crippen LogP contribution is 2.50. The number of piperazine rings is 1. The summed E-state index contributed by atoms with van der Waals surface area (Å²) in [6.45, 7) is 11.3. The molecule has 43 heavy (non-hydrogen) atoms. The smallest absolute Gasteiger partial charge is 0.335 e. The van der Waals surface area contributed by atoms with Gasteiger partial charge in [-0.05, 0) is 68.0 Å². The van der Waals surface area contributed by atoms with Gasteiger partial charge in [-0.1, -0.05) is 36.4 Å². The molecule has 232 valence electrons. The van der Waals surface area contributed by atoms with Gasteiger partial charge in [-0.3, -0.25) is 4.79 Å². The van der Waals surface area contributed by atoms with Crippen LogP contribution >= 0.6 is 0 Å². The lowest BCUT2D eigenvalue weighted by atomic mass is 9.76. The molecule has 2 saturated heterocycles. The van der Waals surface area contributed by atoms with Gasteiger partial charge in [-0.2, -0.15) is 26.3 Å². The third-order valence-corrected chi connectivity index (χ3v) is 8.79. The zero-order valence-electron chi connectivity index (χ0n) is 24.3. The fourth-order valence-corrected chi connectivity index (χ4v) is 6.46. The number of allylic oxidation sites excluding steroid dienone is 2. The maximum Gasteiger partial charge on any atom is 0.416 e. The molecule has 2 aromatic carbocycles. The monoisotopic (exact) mass is 607 g/mol. The Kier molecular flexibility index (Phi) is 8.77. The Morgan fingerprint density at radius 2 is 1.58 bits per heavy atom. The number of carbonyl (C=O) groups is 2. The molecule has 11 heteroatoms. The minimum Gasteiger partial charge on any atom is -0.335 e. The number of rotatable bonds is 7. The van der Waals surface area contributed by atoms with Crippen molar-refractivity contribution < 1.29 is 35.9 Å². The average molecular weight is 608 g/mol. The molecule has 0 saturated carbocycles. The number of halogens is 6.